The molecule has 0 radical (unpaired) electrons. The second-order valence-corrected chi connectivity index (χ2v) is 7.14. The minimum absolute atomic E-state index is 0.245. The van der Waals surface area contributed by atoms with Crippen molar-refractivity contribution < 1.29 is 8.42 Å². The van der Waals surface area contributed by atoms with Gasteiger partial charge in [-0.15, -0.1) is 0 Å². The topological polar surface area (TPSA) is 75.2 Å². The number of pyridine rings is 2. The lowest BCUT2D eigenvalue weighted by Crippen LogP contribution is -2.35. The molecule has 3 heterocycles. The average molecular weight is 318 g/mol. The van der Waals surface area contributed by atoms with E-state index in [2.05, 4.69) is 15.3 Å². The number of nitrogens with one attached hydrogen (secondary N) is 1. The van der Waals surface area contributed by atoms with Gasteiger partial charge in [0.05, 0.1) is 0 Å². The Kier molecular flexibility index (Phi) is 4.35. The van der Waals surface area contributed by atoms with Crippen LogP contribution in [0.2, 0.25) is 0 Å². The van der Waals surface area contributed by atoms with E-state index in [4.69, 9.17) is 0 Å². The standard InChI is InChI=1S/C15H18N4O2S/c20-22(21,19-10-2-1-3-11-19)14-4-5-15(17-12-14)18-13-6-8-16-9-7-13/h4-9,12H,1-3,10-11H2,(H,16,17,18). The highest BCUT2D eigenvalue weighted by atomic mass is 32.2. The molecule has 0 spiro atoms. The minimum Gasteiger partial charge on any atom is -0.340 e. The van der Waals surface area contributed by atoms with E-state index in [-0.39, 0.29) is 4.90 Å². The summed E-state index contributed by atoms with van der Waals surface area (Å²) >= 11 is 0. The van der Waals surface area contributed by atoms with Crippen molar-refractivity contribution in [2.75, 3.05) is 18.4 Å². The first-order valence-corrected chi connectivity index (χ1v) is 8.73. The molecule has 0 bridgehead atoms. The van der Waals surface area contributed by atoms with Crippen molar-refractivity contribution in [3.8, 4) is 0 Å². The fourth-order valence-corrected chi connectivity index (χ4v) is 3.91. The van der Waals surface area contributed by atoms with Crippen molar-refractivity contribution >= 4 is 21.5 Å². The van der Waals surface area contributed by atoms with Crippen LogP contribution in [0.3, 0.4) is 0 Å². The van der Waals surface area contributed by atoms with Crippen LogP contribution < -0.4 is 5.32 Å². The monoisotopic (exact) mass is 318 g/mol. The third-order valence-corrected chi connectivity index (χ3v) is 5.52. The van der Waals surface area contributed by atoms with Gasteiger partial charge in [-0.05, 0) is 37.1 Å². The van der Waals surface area contributed by atoms with Crippen LogP contribution in [0.25, 0.3) is 0 Å². The molecular formula is C15H18N4O2S. The summed E-state index contributed by atoms with van der Waals surface area (Å²) in [5.41, 5.74) is 0.856. The Morgan fingerprint density at radius 2 is 1.73 bits per heavy atom. The van der Waals surface area contributed by atoms with Crippen LogP contribution in [-0.4, -0.2) is 35.8 Å². The maximum Gasteiger partial charge on any atom is 0.244 e. The summed E-state index contributed by atoms with van der Waals surface area (Å²) in [5, 5.41) is 3.10. The lowest BCUT2D eigenvalue weighted by atomic mass is 10.2. The summed E-state index contributed by atoms with van der Waals surface area (Å²) in [7, 11) is -3.42. The molecule has 116 valence electrons. The van der Waals surface area contributed by atoms with Crippen LogP contribution in [0.5, 0.6) is 0 Å². The predicted octanol–water partition coefficient (Wildman–Crippen LogP) is 2.39. The molecule has 3 rings (SSSR count). The quantitative estimate of drug-likeness (QED) is 0.937. The molecule has 2 aromatic heterocycles. The first kappa shape index (κ1) is 14.9. The number of sulfonamides is 1. The summed E-state index contributed by atoms with van der Waals surface area (Å²) in [4.78, 5) is 8.38. The number of aromatic nitrogens is 2. The third-order valence-electron chi connectivity index (χ3n) is 3.64. The van der Waals surface area contributed by atoms with Crippen LogP contribution in [0.1, 0.15) is 19.3 Å². The molecule has 1 aliphatic heterocycles. The number of anilines is 2. The highest BCUT2D eigenvalue weighted by molar-refractivity contribution is 7.89. The first-order chi connectivity index (χ1) is 10.7. The summed E-state index contributed by atoms with van der Waals surface area (Å²) in [6.07, 6.45) is 7.71. The highest BCUT2D eigenvalue weighted by Gasteiger charge is 2.26. The van der Waals surface area contributed by atoms with Crippen molar-refractivity contribution in [3.05, 3.63) is 42.9 Å². The van der Waals surface area contributed by atoms with Gasteiger partial charge in [0.15, 0.2) is 0 Å². The highest BCUT2D eigenvalue weighted by Crippen LogP contribution is 2.21. The maximum absolute atomic E-state index is 12.5. The molecule has 6 nitrogen and oxygen atoms in total. The largest absolute Gasteiger partial charge is 0.340 e. The second kappa shape index (κ2) is 6.41. The Bertz CT molecular complexity index is 711. The summed E-state index contributed by atoms with van der Waals surface area (Å²) < 4.78 is 26.6. The molecule has 1 fully saturated rings. The van der Waals surface area contributed by atoms with Crippen molar-refractivity contribution in [3.63, 3.8) is 0 Å². The number of nitrogens with zero attached hydrogens (tertiary/aromatic N) is 3. The fourth-order valence-electron chi connectivity index (χ4n) is 2.44. The summed E-state index contributed by atoms with van der Waals surface area (Å²) in [5.74, 6) is 0.601. The van der Waals surface area contributed by atoms with E-state index in [1.807, 2.05) is 12.1 Å². The molecule has 0 aliphatic carbocycles. The third kappa shape index (κ3) is 3.26. The van der Waals surface area contributed by atoms with Crippen LogP contribution in [0, 0.1) is 0 Å². The van der Waals surface area contributed by atoms with Gasteiger partial charge in [0.2, 0.25) is 10.0 Å². The van der Waals surface area contributed by atoms with Crippen LogP contribution >= 0.6 is 0 Å². The molecule has 1 N–H and O–H groups in total. The molecule has 1 aliphatic rings. The lowest BCUT2D eigenvalue weighted by Gasteiger charge is -2.25. The number of piperidine rings is 1. The molecule has 0 atom stereocenters. The van der Waals surface area contributed by atoms with E-state index in [0.29, 0.717) is 18.9 Å². The van der Waals surface area contributed by atoms with Gasteiger partial charge in [-0.25, -0.2) is 13.4 Å². The van der Waals surface area contributed by atoms with Crippen LogP contribution in [0.4, 0.5) is 11.5 Å². The Hall–Kier alpha value is -1.99. The fraction of sp³-hybridized carbons (Fsp3) is 0.333. The van der Waals surface area contributed by atoms with Crippen LogP contribution in [-0.2, 0) is 10.0 Å². The lowest BCUT2D eigenvalue weighted by molar-refractivity contribution is 0.346. The van der Waals surface area contributed by atoms with Gasteiger partial charge in [0.1, 0.15) is 10.7 Å². The molecule has 0 saturated carbocycles. The zero-order chi connectivity index (χ0) is 15.4. The van der Waals surface area contributed by atoms with E-state index in [9.17, 15) is 8.42 Å². The van der Waals surface area contributed by atoms with Gasteiger partial charge in [-0.1, -0.05) is 6.42 Å². The molecule has 0 aromatic carbocycles. The van der Waals surface area contributed by atoms with Gasteiger partial charge < -0.3 is 5.32 Å². The molecule has 22 heavy (non-hydrogen) atoms. The summed E-state index contributed by atoms with van der Waals surface area (Å²) in [6, 6.07) is 6.91. The minimum atomic E-state index is -3.42. The van der Waals surface area contributed by atoms with E-state index < -0.39 is 10.0 Å². The maximum atomic E-state index is 12.5. The molecular weight excluding hydrogens is 300 g/mol. The molecule has 0 unspecified atom stereocenters. The van der Waals surface area contributed by atoms with Gasteiger partial charge in [0, 0.05) is 37.4 Å². The first-order valence-electron chi connectivity index (χ1n) is 7.29. The van der Waals surface area contributed by atoms with E-state index in [1.165, 1.54) is 6.20 Å². The number of hydrogen-bond acceptors (Lipinski definition) is 5. The second-order valence-electron chi connectivity index (χ2n) is 5.20. The smallest absolute Gasteiger partial charge is 0.244 e. The van der Waals surface area contributed by atoms with Gasteiger partial charge in [0.25, 0.3) is 0 Å². The average Bonchev–Trinajstić information content (AvgIpc) is 2.57. The van der Waals surface area contributed by atoms with Gasteiger partial charge in [-0.3, -0.25) is 4.98 Å². The molecule has 1 saturated heterocycles. The van der Waals surface area contributed by atoms with Gasteiger partial charge >= 0.3 is 0 Å². The molecule has 0 amide bonds. The number of rotatable bonds is 4. The van der Waals surface area contributed by atoms with Gasteiger partial charge in [-0.2, -0.15) is 4.31 Å². The zero-order valence-electron chi connectivity index (χ0n) is 12.1. The van der Waals surface area contributed by atoms with E-state index >= 15 is 0 Å². The predicted molar refractivity (Wildman–Crippen MR) is 84.4 cm³/mol. The van der Waals surface area contributed by atoms with E-state index in [1.54, 1.807) is 28.8 Å². The Morgan fingerprint density at radius 1 is 1.00 bits per heavy atom. The Balaban J connectivity index is 1.76. The SMILES string of the molecule is O=S(=O)(c1ccc(Nc2ccncc2)nc1)N1CCCCC1. The number of hydrogen-bond donors (Lipinski definition) is 1. The zero-order valence-corrected chi connectivity index (χ0v) is 13.0. The van der Waals surface area contributed by atoms with Crippen molar-refractivity contribution in [2.45, 2.75) is 24.2 Å². The van der Waals surface area contributed by atoms with Crippen molar-refractivity contribution in [1.29, 1.82) is 0 Å². The normalized spacial score (nSPS) is 16.4. The summed E-state index contributed by atoms with van der Waals surface area (Å²) in [6.45, 7) is 1.19. The van der Waals surface area contributed by atoms with E-state index in [0.717, 1.165) is 24.9 Å². The Labute approximate surface area is 130 Å². The van der Waals surface area contributed by atoms with Crippen molar-refractivity contribution in [2.24, 2.45) is 0 Å². The van der Waals surface area contributed by atoms with Crippen LogP contribution in [0.15, 0.2) is 47.8 Å². The molecule has 7 heteroatoms. The molecule has 2 aromatic rings. The van der Waals surface area contributed by atoms with Crippen molar-refractivity contribution in [1.82, 2.24) is 14.3 Å². The Morgan fingerprint density at radius 3 is 2.36 bits per heavy atom.